The minimum Gasteiger partial charge on any atom is -0.339 e. The van der Waals surface area contributed by atoms with E-state index < -0.39 is 0 Å². The smallest absolute Gasteiger partial charge is 0.246 e. The van der Waals surface area contributed by atoms with Crippen molar-refractivity contribution in [2.24, 2.45) is 5.92 Å². The summed E-state index contributed by atoms with van der Waals surface area (Å²) in [6, 6.07) is 16.1. The van der Waals surface area contributed by atoms with E-state index in [0.29, 0.717) is 24.4 Å². The molecule has 1 fully saturated rings. The SMILES string of the molecule is O=C(/C=C\c1ccccc1)N1CCCC(Cc2nc(-c3ccccc3F)no2)C1. The number of hydrogen-bond acceptors (Lipinski definition) is 4. The fourth-order valence-corrected chi connectivity index (χ4v) is 3.61. The highest BCUT2D eigenvalue weighted by molar-refractivity contribution is 5.91. The Labute approximate surface area is 168 Å². The van der Waals surface area contributed by atoms with Crippen LogP contribution in [0, 0.1) is 11.7 Å². The van der Waals surface area contributed by atoms with Crippen LogP contribution < -0.4 is 0 Å². The van der Waals surface area contributed by atoms with Crippen LogP contribution in [0.5, 0.6) is 0 Å². The van der Waals surface area contributed by atoms with Crippen LogP contribution in [0.1, 0.15) is 24.3 Å². The van der Waals surface area contributed by atoms with Crippen molar-refractivity contribution < 1.29 is 13.7 Å². The van der Waals surface area contributed by atoms with Crippen molar-refractivity contribution in [3.63, 3.8) is 0 Å². The third-order valence-corrected chi connectivity index (χ3v) is 5.09. The van der Waals surface area contributed by atoms with Crippen LogP contribution in [0.3, 0.4) is 0 Å². The number of aromatic nitrogens is 2. The average molecular weight is 391 g/mol. The molecule has 2 aromatic carbocycles. The molecule has 1 amide bonds. The minimum atomic E-state index is -0.375. The predicted octanol–water partition coefficient (Wildman–Crippen LogP) is 4.37. The van der Waals surface area contributed by atoms with E-state index in [1.54, 1.807) is 24.3 Å². The highest BCUT2D eigenvalue weighted by Gasteiger charge is 2.25. The summed E-state index contributed by atoms with van der Waals surface area (Å²) in [7, 11) is 0. The highest BCUT2D eigenvalue weighted by Crippen LogP contribution is 2.23. The van der Waals surface area contributed by atoms with Crippen molar-refractivity contribution >= 4 is 12.0 Å². The van der Waals surface area contributed by atoms with Crippen molar-refractivity contribution in [1.82, 2.24) is 15.0 Å². The second-order valence-corrected chi connectivity index (χ2v) is 7.23. The second-order valence-electron chi connectivity index (χ2n) is 7.23. The second kappa shape index (κ2) is 8.82. The fourth-order valence-electron chi connectivity index (χ4n) is 3.61. The van der Waals surface area contributed by atoms with Gasteiger partial charge in [0.1, 0.15) is 5.82 Å². The lowest BCUT2D eigenvalue weighted by atomic mass is 9.94. The monoisotopic (exact) mass is 391 g/mol. The third kappa shape index (κ3) is 4.77. The molecule has 1 saturated heterocycles. The molecule has 5 nitrogen and oxygen atoms in total. The zero-order valence-corrected chi connectivity index (χ0v) is 16.0. The van der Waals surface area contributed by atoms with Crippen LogP contribution in [0.25, 0.3) is 17.5 Å². The van der Waals surface area contributed by atoms with Gasteiger partial charge >= 0.3 is 0 Å². The van der Waals surface area contributed by atoms with Gasteiger partial charge in [0.05, 0.1) is 5.56 Å². The summed E-state index contributed by atoms with van der Waals surface area (Å²) in [6.45, 7) is 1.40. The molecule has 1 aromatic heterocycles. The lowest BCUT2D eigenvalue weighted by Gasteiger charge is -2.31. The van der Waals surface area contributed by atoms with E-state index in [4.69, 9.17) is 4.52 Å². The summed E-state index contributed by atoms with van der Waals surface area (Å²) in [5.74, 6) is 0.609. The molecule has 6 heteroatoms. The lowest BCUT2D eigenvalue weighted by molar-refractivity contribution is -0.127. The number of piperidine rings is 1. The van der Waals surface area contributed by atoms with Gasteiger partial charge in [-0.3, -0.25) is 4.79 Å². The maximum atomic E-state index is 13.9. The van der Waals surface area contributed by atoms with Crippen molar-refractivity contribution in [2.45, 2.75) is 19.3 Å². The molecule has 0 aliphatic carbocycles. The van der Waals surface area contributed by atoms with Crippen molar-refractivity contribution in [3.05, 3.63) is 77.9 Å². The number of hydrogen-bond donors (Lipinski definition) is 0. The predicted molar refractivity (Wildman–Crippen MR) is 108 cm³/mol. The van der Waals surface area contributed by atoms with E-state index in [9.17, 15) is 9.18 Å². The molecule has 1 atom stereocenters. The first kappa shape index (κ1) is 19.1. The quantitative estimate of drug-likeness (QED) is 0.606. The molecule has 1 aliphatic heterocycles. The number of rotatable bonds is 5. The number of carbonyl (C=O) groups is 1. The molecule has 1 aliphatic rings. The van der Waals surface area contributed by atoms with Gasteiger partial charge in [-0.2, -0.15) is 4.98 Å². The largest absolute Gasteiger partial charge is 0.339 e. The Morgan fingerprint density at radius 1 is 1.17 bits per heavy atom. The summed E-state index contributed by atoms with van der Waals surface area (Å²) in [5, 5.41) is 3.91. The zero-order chi connectivity index (χ0) is 20.1. The maximum absolute atomic E-state index is 13.9. The topological polar surface area (TPSA) is 59.2 Å². The first-order valence-corrected chi connectivity index (χ1v) is 9.78. The van der Waals surface area contributed by atoms with Gasteiger partial charge in [0.2, 0.25) is 17.6 Å². The van der Waals surface area contributed by atoms with Gasteiger partial charge in [0.25, 0.3) is 0 Å². The van der Waals surface area contributed by atoms with Gasteiger partial charge in [-0.05, 0) is 42.5 Å². The average Bonchev–Trinajstić information content (AvgIpc) is 3.21. The molecule has 0 saturated carbocycles. The van der Waals surface area contributed by atoms with Gasteiger partial charge in [-0.25, -0.2) is 4.39 Å². The third-order valence-electron chi connectivity index (χ3n) is 5.09. The van der Waals surface area contributed by atoms with Crippen molar-refractivity contribution in [3.8, 4) is 11.4 Å². The summed E-state index contributed by atoms with van der Waals surface area (Å²) in [4.78, 5) is 18.8. The van der Waals surface area contributed by atoms with E-state index in [1.807, 2.05) is 41.3 Å². The molecular formula is C23H22FN3O2. The summed E-state index contributed by atoms with van der Waals surface area (Å²) < 4.78 is 19.2. The molecule has 3 aromatic rings. The van der Waals surface area contributed by atoms with Gasteiger partial charge in [0, 0.05) is 25.6 Å². The molecule has 0 spiro atoms. The Balaban J connectivity index is 1.37. The molecule has 0 N–H and O–H groups in total. The van der Waals surface area contributed by atoms with Gasteiger partial charge in [0.15, 0.2) is 0 Å². The Hall–Kier alpha value is -3.28. The normalized spacial score (nSPS) is 17.0. The Bertz CT molecular complexity index is 1000. The van der Waals surface area contributed by atoms with E-state index >= 15 is 0 Å². The number of benzene rings is 2. The minimum absolute atomic E-state index is 0.0103. The molecular weight excluding hydrogens is 369 g/mol. The number of nitrogens with zero attached hydrogens (tertiary/aromatic N) is 3. The zero-order valence-electron chi connectivity index (χ0n) is 16.0. The van der Waals surface area contributed by atoms with Gasteiger partial charge in [-0.1, -0.05) is 47.6 Å². The van der Waals surface area contributed by atoms with Crippen LogP contribution in [0.4, 0.5) is 4.39 Å². The maximum Gasteiger partial charge on any atom is 0.246 e. The van der Waals surface area contributed by atoms with E-state index in [1.165, 1.54) is 6.07 Å². The standard InChI is InChI=1S/C23H22FN3O2/c24-20-11-5-4-10-19(20)23-25-21(29-26-23)15-18-9-6-14-27(16-18)22(28)13-12-17-7-2-1-3-8-17/h1-5,7-8,10-13,18H,6,9,14-16H2/b13-12-. The summed E-state index contributed by atoms with van der Waals surface area (Å²) in [5.41, 5.74) is 1.33. The molecule has 0 radical (unpaired) electrons. The molecule has 0 bridgehead atoms. The molecule has 148 valence electrons. The molecule has 4 rings (SSSR count). The first-order chi connectivity index (χ1) is 14.2. The van der Waals surface area contributed by atoms with Crippen molar-refractivity contribution in [1.29, 1.82) is 0 Å². The molecule has 29 heavy (non-hydrogen) atoms. The Morgan fingerprint density at radius 3 is 2.79 bits per heavy atom. The number of likely N-dealkylation sites (tertiary alicyclic amines) is 1. The number of carbonyl (C=O) groups excluding carboxylic acids is 1. The molecule has 2 heterocycles. The van der Waals surface area contributed by atoms with E-state index in [-0.39, 0.29) is 23.5 Å². The number of halogens is 1. The molecule has 1 unspecified atom stereocenters. The van der Waals surface area contributed by atoms with Gasteiger partial charge < -0.3 is 9.42 Å². The first-order valence-electron chi connectivity index (χ1n) is 9.78. The van der Waals surface area contributed by atoms with E-state index in [2.05, 4.69) is 10.1 Å². The van der Waals surface area contributed by atoms with Crippen molar-refractivity contribution in [2.75, 3.05) is 13.1 Å². The Morgan fingerprint density at radius 2 is 1.97 bits per heavy atom. The van der Waals surface area contributed by atoms with E-state index in [0.717, 1.165) is 24.9 Å². The lowest BCUT2D eigenvalue weighted by Crippen LogP contribution is -2.39. The Kier molecular flexibility index (Phi) is 5.79. The van der Waals surface area contributed by atoms with Crippen LogP contribution >= 0.6 is 0 Å². The van der Waals surface area contributed by atoms with Gasteiger partial charge in [-0.15, -0.1) is 0 Å². The van der Waals surface area contributed by atoms with Crippen LogP contribution in [-0.4, -0.2) is 34.0 Å². The fraction of sp³-hybridized carbons (Fsp3) is 0.261. The van der Waals surface area contributed by atoms with Crippen LogP contribution in [0.2, 0.25) is 0 Å². The summed E-state index contributed by atoms with van der Waals surface area (Å²) >= 11 is 0. The van der Waals surface area contributed by atoms with Crippen LogP contribution in [0.15, 0.2) is 65.2 Å². The number of amides is 1. The van der Waals surface area contributed by atoms with Crippen LogP contribution in [-0.2, 0) is 11.2 Å². The summed E-state index contributed by atoms with van der Waals surface area (Å²) in [6.07, 6.45) is 5.96. The highest BCUT2D eigenvalue weighted by atomic mass is 19.1.